The highest BCUT2D eigenvalue weighted by Gasteiger charge is 2.42. The lowest BCUT2D eigenvalue weighted by molar-refractivity contribution is 0.106. The summed E-state index contributed by atoms with van der Waals surface area (Å²) in [7, 11) is 0. The van der Waals surface area contributed by atoms with Gasteiger partial charge in [0.1, 0.15) is 5.54 Å². The van der Waals surface area contributed by atoms with E-state index in [1.807, 2.05) is 0 Å². The predicted octanol–water partition coefficient (Wildman–Crippen LogP) is 3.89. The number of rotatable bonds is 10. The molecule has 0 amide bonds. The van der Waals surface area contributed by atoms with E-state index in [1.165, 1.54) is 19.3 Å². The highest BCUT2D eigenvalue weighted by molar-refractivity contribution is 5.13. The molecule has 2 unspecified atom stereocenters. The van der Waals surface area contributed by atoms with Crippen LogP contribution in [0.3, 0.4) is 0 Å². The van der Waals surface area contributed by atoms with Crippen molar-refractivity contribution in [1.82, 2.24) is 5.32 Å². The first-order valence-electron chi connectivity index (χ1n) is 8.38. The Kier molecular flexibility index (Phi) is 8.18. The Hall–Kier alpha value is -0.590. The van der Waals surface area contributed by atoms with Gasteiger partial charge in [-0.15, -0.1) is 0 Å². The first kappa shape index (κ1) is 17.5. The van der Waals surface area contributed by atoms with Gasteiger partial charge in [-0.05, 0) is 56.9 Å². The molecule has 1 N–H and O–H groups in total. The highest BCUT2D eigenvalue weighted by atomic mass is 16.5. The second-order valence-corrected chi connectivity index (χ2v) is 6.54. The molecule has 1 rings (SSSR count). The molecule has 20 heavy (non-hydrogen) atoms. The van der Waals surface area contributed by atoms with Crippen LogP contribution in [0.4, 0.5) is 0 Å². The summed E-state index contributed by atoms with van der Waals surface area (Å²) in [4.78, 5) is 0. The highest BCUT2D eigenvalue weighted by Crippen LogP contribution is 2.37. The molecular weight excluding hydrogens is 248 g/mol. The van der Waals surface area contributed by atoms with Crippen molar-refractivity contribution >= 4 is 0 Å². The summed E-state index contributed by atoms with van der Waals surface area (Å²) in [6.45, 7) is 9.27. The Morgan fingerprint density at radius 3 is 2.85 bits per heavy atom. The topological polar surface area (TPSA) is 45.0 Å². The number of ether oxygens (including phenoxy) is 1. The second-order valence-electron chi connectivity index (χ2n) is 6.54. The van der Waals surface area contributed by atoms with E-state index in [1.54, 1.807) is 0 Å². The van der Waals surface area contributed by atoms with Gasteiger partial charge in [-0.1, -0.05) is 27.2 Å². The Balaban J connectivity index is 2.25. The van der Waals surface area contributed by atoms with Gasteiger partial charge in [0.05, 0.1) is 6.07 Å². The van der Waals surface area contributed by atoms with Crippen molar-refractivity contribution in [2.75, 3.05) is 19.8 Å². The molecule has 1 aliphatic carbocycles. The molecule has 3 heteroatoms. The quantitative estimate of drug-likeness (QED) is 0.617. The first-order chi connectivity index (χ1) is 9.64. The van der Waals surface area contributed by atoms with Crippen LogP contribution >= 0.6 is 0 Å². The third kappa shape index (κ3) is 5.42. The average Bonchev–Trinajstić information content (AvgIpc) is 2.83. The summed E-state index contributed by atoms with van der Waals surface area (Å²) in [5.74, 6) is 1.22. The summed E-state index contributed by atoms with van der Waals surface area (Å²) >= 11 is 0. The van der Waals surface area contributed by atoms with Crippen LogP contribution in [0, 0.1) is 23.2 Å². The van der Waals surface area contributed by atoms with Gasteiger partial charge in [0, 0.05) is 13.2 Å². The van der Waals surface area contributed by atoms with Gasteiger partial charge in [-0.25, -0.2) is 0 Å². The van der Waals surface area contributed by atoms with Crippen molar-refractivity contribution < 1.29 is 4.74 Å². The molecular formula is C17H32N2O. The van der Waals surface area contributed by atoms with Crippen molar-refractivity contribution in [2.45, 2.75) is 71.3 Å². The summed E-state index contributed by atoms with van der Waals surface area (Å²) in [6.07, 6.45) is 7.83. The standard InChI is InChI=1S/C17H32N2O/c1-4-11-19-17(14-18)10-5-8-16(17)9-13-20-12-6-7-15(2)3/h15-16,19H,4-13H2,1-3H3. The Labute approximate surface area is 125 Å². The number of hydrogen-bond donors (Lipinski definition) is 1. The van der Waals surface area contributed by atoms with Crippen LogP contribution in [0.5, 0.6) is 0 Å². The minimum absolute atomic E-state index is 0.280. The van der Waals surface area contributed by atoms with Crippen LogP contribution < -0.4 is 5.32 Å². The lowest BCUT2D eigenvalue weighted by Crippen LogP contribution is -2.47. The van der Waals surface area contributed by atoms with Crippen LogP contribution in [0.2, 0.25) is 0 Å². The Morgan fingerprint density at radius 1 is 1.40 bits per heavy atom. The normalized spacial score (nSPS) is 26.1. The van der Waals surface area contributed by atoms with E-state index in [9.17, 15) is 5.26 Å². The molecule has 1 saturated carbocycles. The molecule has 116 valence electrons. The summed E-state index contributed by atoms with van der Waals surface area (Å²) < 4.78 is 5.75. The third-order valence-corrected chi connectivity index (χ3v) is 4.39. The number of hydrogen-bond acceptors (Lipinski definition) is 3. The largest absolute Gasteiger partial charge is 0.381 e. The molecule has 0 radical (unpaired) electrons. The van der Waals surface area contributed by atoms with Crippen LogP contribution in [-0.2, 0) is 4.74 Å². The molecule has 0 bridgehead atoms. The van der Waals surface area contributed by atoms with E-state index < -0.39 is 0 Å². The summed E-state index contributed by atoms with van der Waals surface area (Å²) in [5.41, 5.74) is -0.280. The SMILES string of the molecule is CCCNC1(C#N)CCCC1CCOCCCC(C)C. The van der Waals surface area contributed by atoms with Crippen molar-refractivity contribution in [1.29, 1.82) is 5.26 Å². The zero-order chi connectivity index (χ0) is 14.8. The van der Waals surface area contributed by atoms with Gasteiger partial charge in [0.25, 0.3) is 0 Å². The first-order valence-corrected chi connectivity index (χ1v) is 8.38. The van der Waals surface area contributed by atoms with Gasteiger partial charge < -0.3 is 4.74 Å². The lowest BCUT2D eigenvalue weighted by atomic mass is 9.86. The van der Waals surface area contributed by atoms with Gasteiger partial charge >= 0.3 is 0 Å². The van der Waals surface area contributed by atoms with Crippen molar-refractivity contribution in [3.8, 4) is 6.07 Å². The zero-order valence-corrected chi connectivity index (χ0v) is 13.6. The molecule has 0 saturated heterocycles. The molecule has 0 aromatic carbocycles. The second kappa shape index (κ2) is 9.37. The minimum Gasteiger partial charge on any atom is -0.381 e. The van der Waals surface area contributed by atoms with E-state index in [2.05, 4.69) is 32.2 Å². The molecule has 0 aromatic heterocycles. The monoisotopic (exact) mass is 280 g/mol. The van der Waals surface area contributed by atoms with Crippen LogP contribution in [-0.4, -0.2) is 25.3 Å². The molecule has 3 nitrogen and oxygen atoms in total. The maximum Gasteiger partial charge on any atom is 0.109 e. The maximum atomic E-state index is 9.56. The van der Waals surface area contributed by atoms with Gasteiger partial charge in [-0.3, -0.25) is 5.32 Å². The predicted molar refractivity (Wildman–Crippen MR) is 83.5 cm³/mol. The molecule has 0 aromatic rings. The van der Waals surface area contributed by atoms with E-state index >= 15 is 0 Å². The number of nitriles is 1. The average molecular weight is 280 g/mol. The van der Waals surface area contributed by atoms with Gasteiger partial charge in [-0.2, -0.15) is 5.26 Å². The molecule has 1 aliphatic rings. The molecule has 0 aliphatic heterocycles. The van der Waals surface area contributed by atoms with Gasteiger partial charge in [0.15, 0.2) is 0 Å². The summed E-state index contributed by atoms with van der Waals surface area (Å²) in [6, 6.07) is 2.56. The fourth-order valence-corrected chi connectivity index (χ4v) is 3.16. The van der Waals surface area contributed by atoms with Crippen LogP contribution in [0.25, 0.3) is 0 Å². The van der Waals surface area contributed by atoms with E-state index in [0.717, 1.165) is 51.4 Å². The fourth-order valence-electron chi connectivity index (χ4n) is 3.16. The van der Waals surface area contributed by atoms with Crippen molar-refractivity contribution in [3.63, 3.8) is 0 Å². The number of nitrogens with one attached hydrogen (secondary N) is 1. The Morgan fingerprint density at radius 2 is 2.20 bits per heavy atom. The van der Waals surface area contributed by atoms with E-state index in [0.29, 0.717) is 5.92 Å². The van der Waals surface area contributed by atoms with Crippen molar-refractivity contribution in [2.24, 2.45) is 11.8 Å². The smallest absolute Gasteiger partial charge is 0.109 e. The fraction of sp³-hybridized carbons (Fsp3) is 0.941. The van der Waals surface area contributed by atoms with Crippen LogP contribution in [0.1, 0.15) is 65.7 Å². The van der Waals surface area contributed by atoms with E-state index in [-0.39, 0.29) is 5.54 Å². The molecule has 0 spiro atoms. The molecule has 2 atom stereocenters. The van der Waals surface area contributed by atoms with E-state index in [4.69, 9.17) is 4.74 Å². The maximum absolute atomic E-state index is 9.56. The third-order valence-electron chi connectivity index (χ3n) is 4.39. The minimum atomic E-state index is -0.280. The zero-order valence-electron chi connectivity index (χ0n) is 13.6. The van der Waals surface area contributed by atoms with Crippen molar-refractivity contribution in [3.05, 3.63) is 0 Å². The number of nitrogens with zero attached hydrogens (tertiary/aromatic N) is 1. The Bertz CT molecular complexity index is 298. The van der Waals surface area contributed by atoms with Gasteiger partial charge in [0.2, 0.25) is 0 Å². The molecule has 0 heterocycles. The molecule has 1 fully saturated rings. The summed E-state index contributed by atoms with van der Waals surface area (Å²) in [5, 5.41) is 13.1. The van der Waals surface area contributed by atoms with Crippen LogP contribution in [0.15, 0.2) is 0 Å². The lowest BCUT2D eigenvalue weighted by Gasteiger charge is -2.30.